The quantitative estimate of drug-likeness (QED) is 0.0278. The molecule has 0 aliphatic carbocycles. The maximum absolute atomic E-state index is 15.0. The Labute approximate surface area is 764 Å². The van der Waals surface area contributed by atoms with Crippen molar-refractivity contribution in [1.29, 1.82) is 0 Å². The van der Waals surface area contributed by atoms with Crippen LogP contribution in [0, 0.1) is 0 Å². The Morgan fingerprint density at radius 2 is 0.285 bits per heavy atom. The molecule has 756 valence electrons. The van der Waals surface area contributed by atoms with Crippen molar-refractivity contribution in [3.05, 3.63) is 0 Å². The number of amides is 13. The van der Waals surface area contributed by atoms with Crippen molar-refractivity contribution in [1.82, 2.24) is 58.8 Å². The molecule has 0 fully saturated rings. The lowest BCUT2D eigenvalue weighted by atomic mass is 10.3. The van der Waals surface area contributed by atoms with Crippen LogP contribution >= 0.6 is 0 Å². The molecular formula is C80H155N19O31. The molecule has 50 heteroatoms. The molecule has 13 amide bonds. The maximum atomic E-state index is 15.0. The molecule has 0 aromatic rings. The van der Waals surface area contributed by atoms with Gasteiger partial charge in [-0.3, -0.25) is 62.3 Å². The van der Waals surface area contributed by atoms with Crippen LogP contribution in [-0.4, -0.2) is 573 Å². The van der Waals surface area contributed by atoms with Crippen LogP contribution in [0.15, 0.2) is 0 Å². The van der Waals surface area contributed by atoms with Gasteiger partial charge < -0.3 is 184 Å². The number of carbonyl (C=O) groups excluding carboxylic acids is 13. The SMILES string of the molecule is COCCOCCOCCN(CC(N)=O)C(=O)CN(CCN)C(=O)CN(CCOCCOCCOC)C(=O)CN(CCN)C(=O)CN(CCOCCOCCOC)C(=O)CN(CCN)C(=O)CN(CCOCCOCCOC)C(=O)CN(CCN)C(=O)CN(CCOCCOCCOC)C(=O)CN(CCN)C(=O)CN(CCOCCOCCOC)C(=O)CN(CCN)C(C)=O. The predicted molar refractivity (Wildman–Crippen MR) is 469 cm³/mol. The first-order chi connectivity index (χ1) is 62.8. The Bertz CT molecular complexity index is 3030. The third-order valence-corrected chi connectivity index (χ3v) is 18.5. The minimum Gasteiger partial charge on any atom is -0.382 e. The van der Waals surface area contributed by atoms with Crippen molar-refractivity contribution in [2.75, 3.05) is 437 Å². The smallest absolute Gasteiger partial charge is 0.242 e. The molecule has 0 saturated carbocycles. The zero-order chi connectivity index (χ0) is 96.6. The van der Waals surface area contributed by atoms with E-state index < -0.39 is 155 Å². The molecular weight excluding hydrogens is 1720 g/mol. The molecule has 50 nitrogen and oxygen atoms in total. The fraction of sp³-hybridized carbons (Fsp3) is 0.838. The summed E-state index contributed by atoms with van der Waals surface area (Å²) in [6, 6.07) is 0. The number of rotatable bonds is 90. The highest BCUT2D eigenvalue weighted by atomic mass is 16.6. The summed E-state index contributed by atoms with van der Waals surface area (Å²) in [7, 11) is 9.09. The summed E-state index contributed by atoms with van der Waals surface area (Å²) >= 11 is 0. The number of methoxy groups -OCH3 is 6. The normalized spacial score (nSPS) is 11.2. The predicted octanol–water partition coefficient (Wildman–Crippen LogP) is -10.7. The summed E-state index contributed by atoms with van der Waals surface area (Å²) in [5, 5.41) is 0. The monoisotopic (exact) mass is 1880 g/mol. The average Bonchev–Trinajstić information content (AvgIpc) is 0.854. The van der Waals surface area contributed by atoms with E-state index >= 15 is 0 Å². The van der Waals surface area contributed by atoms with Gasteiger partial charge >= 0.3 is 0 Å². The molecule has 0 radical (unpaired) electrons. The molecule has 0 saturated heterocycles. The molecule has 0 unspecified atom stereocenters. The summed E-state index contributed by atoms with van der Waals surface area (Å²) in [5.41, 5.74) is 41.7. The van der Waals surface area contributed by atoms with Crippen LogP contribution in [0.3, 0.4) is 0 Å². The maximum Gasteiger partial charge on any atom is 0.242 e. The van der Waals surface area contributed by atoms with Crippen molar-refractivity contribution in [3.8, 4) is 0 Å². The van der Waals surface area contributed by atoms with Crippen molar-refractivity contribution >= 4 is 76.8 Å². The van der Waals surface area contributed by atoms with Gasteiger partial charge in [-0.2, -0.15) is 0 Å². The van der Waals surface area contributed by atoms with E-state index in [0.29, 0.717) is 52.9 Å². The van der Waals surface area contributed by atoms with Gasteiger partial charge in [0.2, 0.25) is 76.8 Å². The number of nitrogens with two attached hydrogens (primary N) is 7. The molecule has 0 rings (SSSR count). The fourth-order valence-corrected chi connectivity index (χ4v) is 11.4. The van der Waals surface area contributed by atoms with Gasteiger partial charge in [-0.05, 0) is 0 Å². The first kappa shape index (κ1) is 122. The van der Waals surface area contributed by atoms with Crippen LogP contribution in [0.4, 0.5) is 0 Å². The molecule has 14 N–H and O–H groups in total. The average molecular weight is 1880 g/mol. The Kier molecular flexibility index (Phi) is 78.0. The first-order valence-electron chi connectivity index (χ1n) is 43.5. The van der Waals surface area contributed by atoms with Crippen LogP contribution in [0.2, 0.25) is 0 Å². The number of ether oxygens (including phenoxy) is 18. The molecule has 0 spiro atoms. The molecule has 0 heterocycles. The van der Waals surface area contributed by atoms with Crippen molar-refractivity contribution in [2.24, 2.45) is 40.1 Å². The van der Waals surface area contributed by atoms with E-state index in [4.69, 9.17) is 125 Å². The van der Waals surface area contributed by atoms with Crippen LogP contribution in [0.5, 0.6) is 0 Å². The lowest BCUT2D eigenvalue weighted by molar-refractivity contribution is -0.150. The second-order valence-electron chi connectivity index (χ2n) is 28.4. The zero-order valence-corrected chi connectivity index (χ0v) is 78.0. The van der Waals surface area contributed by atoms with Gasteiger partial charge in [-0.25, -0.2) is 0 Å². The second kappa shape index (κ2) is 83.0. The van der Waals surface area contributed by atoms with E-state index in [1.165, 1.54) is 59.4 Å². The van der Waals surface area contributed by atoms with Gasteiger partial charge in [0.25, 0.3) is 0 Å². The van der Waals surface area contributed by atoms with Crippen molar-refractivity contribution in [3.63, 3.8) is 0 Å². The largest absolute Gasteiger partial charge is 0.382 e. The topological polar surface area (TPSA) is 609 Å². The third-order valence-electron chi connectivity index (χ3n) is 18.5. The van der Waals surface area contributed by atoms with Gasteiger partial charge in [0.15, 0.2) is 0 Å². The number of nitrogens with zero attached hydrogens (tertiary/aromatic N) is 12. The van der Waals surface area contributed by atoms with Gasteiger partial charge in [-0.1, -0.05) is 0 Å². The van der Waals surface area contributed by atoms with Crippen LogP contribution in [0.1, 0.15) is 6.92 Å². The lowest BCUT2D eigenvalue weighted by Crippen LogP contribution is -2.54. The van der Waals surface area contributed by atoms with Gasteiger partial charge in [0.05, 0.1) is 277 Å². The third kappa shape index (κ3) is 61.8. The van der Waals surface area contributed by atoms with E-state index in [-0.39, 0.29) is 263 Å². The van der Waals surface area contributed by atoms with E-state index in [2.05, 4.69) is 0 Å². The summed E-state index contributed by atoms with van der Waals surface area (Å²) in [6.45, 7) is -5.73. The summed E-state index contributed by atoms with van der Waals surface area (Å²) in [6.07, 6.45) is 0. The summed E-state index contributed by atoms with van der Waals surface area (Å²) in [4.78, 5) is 199. The Morgan fingerprint density at radius 3 is 0.415 bits per heavy atom. The molecule has 0 aromatic heterocycles. The summed E-state index contributed by atoms with van der Waals surface area (Å²) < 4.78 is 97.8. The number of primary amides is 1. The number of hydrogen-bond donors (Lipinski definition) is 7. The van der Waals surface area contributed by atoms with Crippen LogP contribution in [0.25, 0.3) is 0 Å². The fourth-order valence-electron chi connectivity index (χ4n) is 11.4. The van der Waals surface area contributed by atoms with Gasteiger partial charge in [-0.15, -0.1) is 0 Å². The zero-order valence-electron chi connectivity index (χ0n) is 78.0. The highest BCUT2D eigenvalue weighted by Crippen LogP contribution is 2.10. The van der Waals surface area contributed by atoms with Crippen molar-refractivity contribution < 1.29 is 148 Å². The Balaban J connectivity index is 7.68. The Hall–Kier alpha value is -7.85. The molecule has 0 aliphatic heterocycles. The van der Waals surface area contributed by atoms with Gasteiger partial charge in [0.1, 0.15) is 0 Å². The van der Waals surface area contributed by atoms with Crippen LogP contribution in [-0.2, 0) is 148 Å². The van der Waals surface area contributed by atoms with E-state index in [0.717, 1.165) is 49.0 Å². The van der Waals surface area contributed by atoms with Gasteiger partial charge in [0, 0.05) is 167 Å². The second-order valence-corrected chi connectivity index (χ2v) is 28.4. The van der Waals surface area contributed by atoms with Crippen molar-refractivity contribution in [2.45, 2.75) is 6.92 Å². The molecule has 0 aliphatic rings. The first-order valence-corrected chi connectivity index (χ1v) is 43.5. The van der Waals surface area contributed by atoms with Crippen LogP contribution < -0.4 is 40.1 Å². The molecule has 130 heavy (non-hydrogen) atoms. The standard InChI is InChI=1S/C80H155N19O31/c1-68(100)88(14-8-81)57-70(102)95(21-27-120-45-51-126-39-33-114-3)63-71(103)90(16-10-83)59-77(109)97(23-29-122-47-53-128-41-35-116-5)65-73(105)92(18-12-85)61-79(111)99(25-31-124-49-55-130-43-37-118-7)67-75(107)93(19-13-86)62-80(112)98(24-30-123-48-54-129-42-36-117-6)66-74(106)91(17-11-84)60-78(110)96(22-28-121-46-52-127-40-34-115-4)64-72(104)89(15-9-82)58-76(108)94(56-69(87)101)20-26-119-44-50-125-38-32-113-2/h8-67,81-86H2,1-7H3,(H2,87,101). The van der Waals surface area contributed by atoms with E-state index in [1.807, 2.05) is 0 Å². The summed E-state index contributed by atoms with van der Waals surface area (Å²) in [5.74, 6) is -9.82. The van der Waals surface area contributed by atoms with E-state index in [1.54, 1.807) is 0 Å². The Morgan fingerprint density at radius 1 is 0.169 bits per heavy atom. The lowest BCUT2D eigenvalue weighted by Gasteiger charge is -2.33. The van der Waals surface area contributed by atoms with E-state index in [9.17, 15) is 62.3 Å². The number of hydrogen-bond acceptors (Lipinski definition) is 37. The number of carbonyl (C=O) groups is 13. The minimum atomic E-state index is -0.840. The highest BCUT2D eigenvalue weighted by molar-refractivity contribution is 5.95. The molecule has 0 bridgehead atoms. The molecule has 0 aromatic carbocycles. The minimum absolute atomic E-state index is 0.0229. The molecule has 0 atom stereocenters. The highest BCUT2D eigenvalue weighted by Gasteiger charge is 2.34.